The molecule has 0 radical (unpaired) electrons. The number of aliphatic carboxylic acids is 1. The van der Waals surface area contributed by atoms with E-state index in [-0.39, 0.29) is 5.82 Å². The second-order valence-electron chi connectivity index (χ2n) is 11.0. The van der Waals surface area contributed by atoms with Gasteiger partial charge in [-0.3, -0.25) is 4.79 Å². The lowest BCUT2D eigenvalue weighted by Gasteiger charge is -2.71. The van der Waals surface area contributed by atoms with Crippen LogP contribution in [0.3, 0.4) is 0 Å². The molecule has 0 fully saturated rings. The Morgan fingerprint density at radius 2 is 1.44 bits per heavy atom. The molecular weight excluding hydrogens is 343 g/mol. The number of fused-ring (bicyclic) bond motifs is 1. The van der Waals surface area contributed by atoms with Gasteiger partial charge in [0.25, 0.3) is 0 Å². The van der Waals surface area contributed by atoms with Gasteiger partial charge in [0.15, 0.2) is 0 Å². The number of carboxylic acids is 1. The van der Waals surface area contributed by atoms with Crippen molar-refractivity contribution in [1.82, 2.24) is 0 Å². The molecule has 0 unspecified atom stereocenters. The molecule has 152 valence electrons. The van der Waals surface area contributed by atoms with Crippen LogP contribution in [0.4, 0.5) is 4.39 Å². The van der Waals surface area contributed by atoms with Crippen LogP contribution in [0.25, 0.3) is 0 Å². The maximum Gasteiger partial charge on any atom is 0.312 e. The van der Waals surface area contributed by atoms with E-state index < -0.39 is 38.6 Å². The van der Waals surface area contributed by atoms with Crippen molar-refractivity contribution in [3.05, 3.63) is 35.1 Å². The van der Waals surface area contributed by atoms with Crippen LogP contribution in [0.2, 0.25) is 0 Å². The molecule has 4 heteroatoms. The summed E-state index contributed by atoms with van der Waals surface area (Å²) in [5.74, 6) is -1.37. The number of rotatable bonds is 2. The van der Waals surface area contributed by atoms with Crippen molar-refractivity contribution < 1.29 is 19.4 Å². The molecule has 0 saturated heterocycles. The summed E-state index contributed by atoms with van der Waals surface area (Å²) < 4.78 is 14.2. The Bertz CT molecular complexity index is 785. The van der Waals surface area contributed by atoms with Crippen molar-refractivity contribution in [3.63, 3.8) is 0 Å². The van der Waals surface area contributed by atoms with Crippen LogP contribution in [0.15, 0.2) is 18.2 Å². The lowest BCUT2D eigenvalue weighted by atomic mass is 9.34. The van der Waals surface area contributed by atoms with Crippen LogP contribution in [-0.4, -0.2) is 21.8 Å². The highest BCUT2D eigenvalue weighted by Crippen LogP contribution is 2.70. The fourth-order valence-corrected chi connectivity index (χ4v) is 5.59. The van der Waals surface area contributed by atoms with Crippen LogP contribution in [0.5, 0.6) is 0 Å². The highest BCUT2D eigenvalue weighted by molar-refractivity contribution is 5.77. The molecule has 2 N–H and O–H groups in total. The zero-order chi connectivity index (χ0) is 21.4. The second-order valence-corrected chi connectivity index (χ2v) is 11.0. The predicted molar refractivity (Wildman–Crippen MR) is 106 cm³/mol. The van der Waals surface area contributed by atoms with Crippen molar-refractivity contribution in [1.29, 1.82) is 0 Å². The first kappa shape index (κ1) is 21.9. The molecule has 0 aromatic heterocycles. The fourth-order valence-electron chi connectivity index (χ4n) is 5.59. The standard InChI is InChI=1S/C23H35FO3/c1-18(2,3)22(10)15-12-11-14(24)13-16(15)19(4,5)21(8,9)23(22,27)20(6,7)17(25)26/h11-13,27H,1-10H3,(H,25,26)/t22-,23-/m1/s1. The van der Waals surface area contributed by atoms with Crippen LogP contribution in [0, 0.1) is 22.1 Å². The van der Waals surface area contributed by atoms with E-state index in [1.165, 1.54) is 6.07 Å². The molecule has 1 aliphatic carbocycles. The minimum Gasteiger partial charge on any atom is -0.481 e. The molecule has 0 bridgehead atoms. The van der Waals surface area contributed by atoms with Gasteiger partial charge in [0.2, 0.25) is 0 Å². The van der Waals surface area contributed by atoms with E-state index in [9.17, 15) is 19.4 Å². The molecule has 0 aliphatic heterocycles. The molecule has 1 aliphatic rings. The average Bonchev–Trinajstić information content (AvgIpc) is 2.50. The van der Waals surface area contributed by atoms with Crippen LogP contribution in [0.1, 0.15) is 80.4 Å². The second kappa shape index (κ2) is 5.56. The Morgan fingerprint density at radius 3 is 1.85 bits per heavy atom. The monoisotopic (exact) mass is 378 g/mol. The van der Waals surface area contributed by atoms with E-state index in [1.807, 2.05) is 55.4 Å². The number of benzene rings is 1. The third kappa shape index (κ3) is 2.25. The van der Waals surface area contributed by atoms with Crippen molar-refractivity contribution in [2.45, 2.75) is 85.7 Å². The van der Waals surface area contributed by atoms with E-state index in [1.54, 1.807) is 26.0 Å². The smallest absolute Gasteiger partial charge is 0.312 e. The van der Waals surface area contributed by atoms with E-state index >= 15 is 0 Å². The Labute approximate surface area is 163 Å². The van der Waals surface area contributed by atoms with Crippen molar-refractivity contribution in [3.8, 4) is 0 Å². The van der Waals surface area contributed by atoms with Crippen LogP contribution >= 0.6 is 0 Å². The third-order valence-electron chi connectivity index (χ3n) is 8.32. The Balaban J connectivity index is 3.17. The number of hydrogen-bond acceptors (Lipinski definition) is 2. The SMILES string of the molecule is CC1(C)c2cc(F)ccc2[C@](C)(C(C)(C)C)[C@@](O)(C(C)(C)C(=O)O)C1(C)C. The van der Waals surface area contributed by atoms with E-state index in [0.29, 0.717) is 0 Å². The number of carboxylic acid groups (broad SMARTS) is 1. The number of aliphatic hydroxyl groups is 1. The summed E-state index contributed by atoms with van der Waals surface area (Å²) in [6, 6.07) is 4.69. The first-order valence-electron chi connectivity index (χ1n) is 9.58. The third-order valence-corrected chi connectivity index (χ3v) is 8.32. The van der Waals surface area contributed by atoms with Gasteiger partial charge in [-0.05, 0) is 47.9 Å². The van der Waals surface area contributed by atoms with Gasteiger partial charge in [-0.15, -0.1) is 0 Å². The molecule has 3 nitrogen and oxygen atoms in total. The quantitative estimate of drug-likeness (QED) is 0.735. The Hall–Kier alpha value is -1.42. The molecule has 0 spiro atoms. The van der Waals surface area contributed by atoms with Gasteiger partial charge in [-0.2, -0.15) is 0 Å². The molecule has 1 aromatic carbocycles. The number of carbonyl (C=O) groups is 1. The van der Waals surface area contributed by atoms with Gasteiger partial charge in [0.1, 0.15) is 5.82 Å². The molecular formula is C23H35FO3. The normalized spacial score (nSPS) is 29.9. The Kier molecular flexibility index (Phi) is 4.50. The lowest BCUT2D eigenvalue weighted by molar-refractivity contribution is -0.250. The first-order valence-corrected chi connectivity index (χ1v) is 9.58. The molecule has 2 rings (SSSR count). The zero-order valence-corrected chi connectivity index (χ0v) is 18.4. The molecule has 0 saturated carbocycles. The van der Waals surface area contributed by atoms with Crippen molar-refractivity contribution in [2.24, 2.45) is 16.2 Å². The summed E-state index contributed by atoms with van der Waals surface area (Å²) in [5, 5.41) is 22.7. The van der Waals surface area contributed by atoms with Gasteiger partial charge >= 0.3 is 5.97 Å². The average molecular weight is 379 g/mol. The molecule has 0 amide bonds. The topological polar surface area (TPSA) is 57.5 Å². The number of halogens is 1. The summed E-state index contributed by atoms with van der Waals surface area (Å²) in [6.07, 6.45) is 0. The summed E-state index contributed by atoms with van der Waals surface area (Å²) in [5.41, 5.74) is -4.37. The first-order chi connectivity index (χ1) is 11.8. The minimum atomic E-state index is -1.62. The summed E-state index contributed by atoms with van der Waals surface area (Å²) in [6.45, 7) is 18.9. The van der Waals surface area contributed by atoms with E-state index in [4.69, 9.17) is 0 Å². The van der Waals surface area contributed by atoms with Gasteiger partial charge in [0, 0.05) is 10.8 Å². The molecule has 0 heterocycles. The maximum absolute atomic E-state index is 14.2. The molecule has 1 aromatic rings. The van der Waals surface area contributed by atoms with Gasteiger partial charge in [0.05, 0.1) is 11.0 Å². The van der Waals surface area contributed by atoms with Crippen molar-refractivity contribution >= 4 is 5.97 Å². The molecule has 27 heavy (non-hydrogen) atoms. The molecule has 2 atom stereocenters. The minimum absolute atomic E-state index is 0.322. The zero-order valence-electron chi connectivity index (χ0n) is 18.4. The van der Waals surface area contributed by atoms with E-state index in [0.717, 1.165) is 11.1 Å². The predicted octanol–water partition coefficient (Wildman–Crippen LogP) is 5.29. The summed E-state index contributed by atoms with van der Waals surface area (Å²) >= 11 is 0. The van der Waals surface area contributed by atoms with E-state index in [2.05, 4.69) is 0 Å². The van der Waals surface area contributed by atoms with Gasteiger partial charge < -0.3 is 10.2 Å². The van der Waals surface area contributed by atoms with Crippen molar-refractivity contribution in [2.75, 3.05) is 0 Å². The summed E-state index contributed by atoms with van der Waals surface area (Å²) in [7, 11) is 0. The largest absolute Gasteiger partial charge is 0.481 e. The number of hydrogen-bond donors (Lipinski definition) is 2. The maximum atomic E-state index is 14.2. The summed E-state index contributed by atoms with van der Waals surface area (Å²) in [4.78, 5) is 12.4. The fraction of sp³-hybridized carbons (Fsp3) is 0.696. The highest BCUT2D eigenvalue weighted by Gasteiger charge is 2.75. The van der Waals surface area contributed by atoms with Gasteiger partial charge in [-0.25, -0.2) is 4.39 Å². The van der Waals surface area contributed by atoms with Crippen LogP contribution < -0.4 is 0 Å². The van der Waals surface area contributed by atoms with Gasteiger partial charge in [-0.1, -0.05) is 61.5 Å². The highest BCUT2D eigenvalue weighted by atomic mass is 19.1. The lowest BCUT2D eigenvalue weighted by Crippen LogP contribution is -2.77. The Morgan fingerprint density at radius 1 is 0.963 bits per heavy atom. The van der Waals surface area contributed by atoms with Crippen LogP contribution in [-0.2, 0) is 15.6 Å².